The lowest BCUT2D eigenvalue weighted by atomic mass is 10.0. The Hall–Kier alpha value is -7.20. The number of isocyanates is 1. The minimum Gasteiger partial charge on any atom is -0.444 e. The molecule has 5 aromatic rings. The zero-order valence-electron chi connectivity index (χ0n) is 49.2. The summed E-state index contributed by atoms with van der Waals surface area (Å²) in [5.74, 6) is 5.74. The Labute approximate surface area is 506 Å². The van der Waals surface area contributed by atoms with Crippen LogP contribution in [0.4, 0.5) is 37.3 Å². The van der Waals surface area contributed by atoms with Crippen LogP contribution in [0.1, 0.15) is 110 Å². The number of anilines is 3. The first kappa shape index (κ1) is 65.9. The maximum Gasteiger partial charge on any atom is 0.410 e. The fourth-order valence-electron chi connectivity index (χ4n) is 10.8. The molecule has 21 heteroatoms. The average molecular weight is 1190 g/mol. The van der Waals surface area contributed by atoms with E-state index in [2.05, 4.69) is 117 Å². The van der Waals surface area contributed by atoms with Crippen LogP contribution in [-0.4, -0.2) is 143 Å². The second-order valence-electron chi connectivity index (χ2n) is 23.9. The lowest BCUT2D eigenvalue weighted by Crippen LogP contribution is -2.36. The highest BCUT2D eigenvalue weighted by Gasteiger charge is 2.43. The van der Waals surface area contributed by atoms with E-state index in [1.165, 1.54) is 22.8 Å². The smallest absolute Gasteiger partial charge is 0.410 e. The number of carbonyl (C=O) groups is 3. The summed E-state index contributed by atoms with van der Waals surface area (Å²) < 4.78 is 5.35. The molecule has 4 N–H and O–H groups in total. The first-order chi connectivity index (χ1) is 39.6. The summed E-state index contributed by atoms with van der Waals surface area (Å²) in [4.78, 5) is 58.0. The lowest BCUT2D eigenvalue weighted by Gasteiger charge is -2.24. The van der Waals surface area contributed by atoms with E-state index in [1.807, 2.05) is 96.1 Å². The summed E-state index contributed by atoms with van der Waals surface area (Å²) in [5, 5.41) is 37.3. The predicted octanol–water partition coefficient (Wildman–Crippen LogP) is 11.8. The molecule has 450 valence electrons. The third-order valence-electron chi connectivity index (χ3n) is 15.6. The number of hydrogen-bond acceptors (Lipinski definition) is 14. The normalized spacial score (nSPS) is 20.6. The van der Waals surface area contributed by atoms with E-state index in [0.717, 1.165) is 95.7 Å². The Balaban J connectivity index is 0.000000178. The zero-order chi connectivity index (χ0) is 59.8. The van der Waals surface area contributed by atoms with Crippen LogP contribution >= 0.6 is 23.2 Å². The molecule has 8 heterocycles. The van der Waals surface area contributed by atoms with Crippen LogP contribution < -0.4 is 26.2 Å². The van der Waals surface area contributed by atoms with Gasteiger partial charge in [0.05, 0.1) is 5.69 Å². The first-order valence-electron chi connectivity index (χ1n) is 28.7. The molecule has 11 rings (SSSR count). The highest BCUT2D eigenvalue weighted by atomic mass is 35.5. The van der Waals surface area contributed by atoms with Crippen molar-refractivity contribution in [2.45, 2.75) is 93.1 Å². The minimum atomic E-state index is -0.382. The molecule has 6 atom stereocenters. The van der Waals surface area contributed by atoms with Gasteiger partial charge in [0.2, 0.25) is 6.08 Å². The van der Waals surface area contributed by atoms with Crippen molar-refractivity contribution in [3.63, 3.8) is 0 Å². The molecule has 6 saturated heterocycles. The van der Waals surface area contributed by atoms with Crippen LogP contribution in [0.25, 0.3) is 0 Å². The molecule has 0 bridgehead atoms. The van der Waals surface area contributed by atoms with Crippen molar-refractivity contribution in [2.75, 3.05) is 94.1 Å². The van der Waals surface area contributed by atoms with Gasteiger partial charge in [0.25, 0.3) is 0 Å². The second-order valence-corrected chi connectivity index (χ2v) is 24.7. The maximum absolute atomic E-state index is 12.6. The molecule has 0 spiro atoms. The molecule has 6 aliphatic rings. The summed E-state index contributed by atoms with van der Waals surface area (Å²) in [5.41, 5.74) is 6.13. The lowest BCUT2D eigenvalue weighted by molar-refractivity contribution is 0.0281. The van der Waals surface area contributed by atoms with E-state index in [4.69, 9.17) is 33.2 Å². The molecule has 5 amide bonds. The number of amides is 5. The fraction of sp³-hybridized carbons (Fsp3) is 0.508. The van der Waals surface area contributed by atoms with Gasteiger partial charge in [-0.25, -0.2) is 19.2 Å². The van der Waals surface area contributed by atoms with Crippen LogP contribution in [0.3, 0.4) is 0 Å². The fourth-order valence-corrected chi connectivity index (χ4v) is 11.0. The third-order valence-corrected chi connectivity index (χ3v) is 16.0. The molecule has 6 unspecified atom stereocenters. The minimum absolute atomic E-state index is 0. The number of benzene rings is 3. The molecular weight excluding hydrogens is 1100 g/mol. The third kappa shape index (κ3) is 19.4. The number of fused-ring (bicyclic) bond motifs is 3. The number of hydrogen-bond donors (Lipinski definition) is 4. The van der Waals surface area contributed by atoms with E-state index < -0.39 is 0 Å². The van der Waals surface area contributed by atoms with Gasteiger partial charge in [-0.15, -0.1) is 20.4 Å². The van der Waals surface area contributed by atoms with Gasteiger partial charge in [-0.1, -0.05) is 109 Å². The van der Waals surface area contributed by atoms with Crippen LogP contribution in [0.2, 0.25) is 10.3 Å². The SMILES string of the molecule is C.CC(C)(C)OC(=O)N1CC2CNCC2C1.CC(C)c1ccc(N=C=O)cc1.CC(C)c1ccc(NC(=O)N2CC3CN(c4ccc(C#N)nn4)CC3C2)cc1.CC(C)c1ccc(NC(=O)N2CC3CNCC3C2)cc1.Clc1ccc(Cl)nn1. The number of carbonyl (C=O) groups excluding carboxylic acids is 4. The van der Waals surface area contributed by atoms with Gasteiger partial charge < -0.3 is 45.6 Å². The van der Waals surface area contributed by atoms with Gasteiger partial charge in [0.1, 0.15) is 11.7 Å². The van der Waals surface area contributed by atoms with Crippen LogP contribution in [0.15, 0.2) is 102 Å². The Kier molecular flexibility index (Phi) is 24.4. The Morgan fingerprint density at radius 2 is 0.964 bits per heavy atom. The van der Waals surface area contributed by atoms with Crippen molar-refractivity contribution in [1.82, 2.24) is 45.7 Å². The summed E-state index contributed by atoms with van der Waals surface area (Å²) >= 11 is 10.8. The van der Waals surface area contributed by atoms with Crippen molar-refractivity contribution in [1.29, 1.82) is 5.26 Å². The quantitative estimate of drug-likeness (QED) is 0.0880. The van der Waals surface area contributed by atoms with Crippen molar-refractivity contribution in [3.8, 4) is 6.07 Å². The molecule has 19 nitrogen and oxygen atoms in total. The van der Waals surface area contributed by atoms with Gasteiger partial charge in [0.15, 0.2) is 21.8 Å². The number of nitrogens with one attached hydrogen (secondary N) is 4. The number of likely N-dealkylation sites (tertiary alicyclic amines) is 3. The first-order valence-corrected chi connectivity index (χ1v) is 29.4. The molecule has 6 fully saturated rings. The Bertz CT molecular complexity index is 2930. The molecule has 6 aliphatic heterocycles. The van der Waals surface area contributed by atoms with E-state index >= 15 is 0 Å². The highest BCUT2D eigenvalue weighted by molar-refractivity contribution is 6.31. The second kappa shape index (κ2) is 31.1. The molecule has 2 aromatic heterocycles. The summed E-state index contributed by atoms with van der Waals surface area (Å²) in [7, 11) is 0. The van der Waals surface area contributed by atoms with Gasteiger partial charge >= 0.3 is 18.2 Å². The summed E-state index contributed by atoms with van der Waals surface area (Å²) in [6, 6.07) is 32.5. The predicted molar refractivity (Wildman–Crippen MR) is 333 cm³/mol. The Morgan fingerprint density at radius 1 is 0.571 bits per heavy atom. The number of nitriles is 1. The summed E-state index contributed by atoms with van der Waals surface area (Å²) in [6.45, 7) is 29.5. The number of halogens is 2. The van der Waals surface area contributed by atoms with Crippen molar-refractivity contribution in [2.24, 2.45) is 40.5 Å². The highest BCUT2D eigenvalue weighted by Crippen LogP contribution is 2.34. The maximum atomic E-state index is 12.6. The number of ether oxygens (including phenoxy) is 1. The molecule has 84 heavy (non-hydrogen) atoms. The summed E-state index contributed by atoms with van der Waals surface area (Å²) in [6.07, 6.45) is 1.35. The molecular formula is C63H84Cl2N14O5. The monoisotopic (exact) mass is 1190 g/mol. The molecule has 0 aliphatic carbocycles. The number of aromatic nitrogens is 4. The Morgan fingerprint density at radius 3 is 1.31 bits per heavy atom. The molecule has 0 radical (unpaired) electrons. The zero-order valence-corrected chi connectivity index (χ0v) is 50.7. The van der Waals surface area contributed by atoms with Gasteiger partial charge in [-0.3, -0.25) is 0 Å². The molecule has 0 saturated carbocycles. The number of aliphatic imine (C=N–C) groups is 1. The van der Waals surface area contributed by atoms with Crippen molar-refractivity contribution >= 4 is 70.3 Å². The average Bonchev–Trinajstić information content (AvgIpc) is 3.54. The van der Waals surface area contributed by atoms with Crippen molar-refractivity contribution in [3.05, 3.63) is 130 Å². The van der Waals surface area contributed by atoms with Gasteiger partial charge in [0, 0.05) is 102 Å². The van der Waals surface area contributed by atoms with E-state index in [-0.39, 0.29) is 31.2 Å². The van der Waals surface area contributed by atoms with Gasteiger partial charge in [-0.05, 0) is 140 Å². The van der Waals surface area contributed by atoms with E-state index in [1.54, 1.807) is 18.2 Å². The number of rotatable bonds is 7. The number of urea groups is 2. The van der Waals surface area contributed by atoms with E-state index in [9.17, 15) is 19.2 Å². The topological polar surface area (TPSA) is 226 Å². The number of nitrogens with zero attached hydrogens (tertiary/aromatic N) is 10. The largest absolute Gasteiger partial charge is 0.444 e. The molecule has 3 aromatic carbocycles. The standard InChI is InChI=1S/C21H24N6O.C16H23N3O.C11H20N2O2.C10H11NO.C4H2Cl2N2.CH4/c1-14(2)15-3-5-18(6-4-15)23-21(28)27-12-16-10-26(11-17(16)13-27)20-8-7-19(9-22)24-25-20;1-11(2)12-3-5-15(6-4-12)18-16(20)19-9-13-7-17-8-14(13)10-19;1-11(2,3)15-10(14)13-6-8-4-12-5-9(8)7-13;1-8(2)9-3-5-10(6-4-9)11-7-12;5-3-1-2-4(6)8-7-3;/h3-8,14,16-17H,10-13H2,1-2H3,(H,23,28);3-6,11,13-14,17H,7-10H2,1-2H3,(H,18,20);8-9,12H,4-7H2,1-3H3;3-6,8H,1-2H3;1-2H;1H4. The van der Waals surface area contributed by atoms with E-state index in [0.29, 0.717) is 74.9 Å². The van der Waals surface area contributed by atoms with Crippen molar-refractivity contribution < 1.29 is 23.9 Å². The van der Waals surface area contributed by atoms with Crippen LogP contribution in [0, 0.1) is 46.8 Å². The van der Waals surface area contributed by atoms with Gasteiger partial charge in [-0.2, -0.15) is 10.3 Å². The van der Waals surface area contributed by atoms with Crippen LogP contribution in [0.5, 0.6) is 0 Å². The van der Waals surface area contributed by atoms with Crippen LogP contribution in [-0.2, 0) is 9.53 Å².